The number of rotatable bonds is 2. The predicted molar refractivity (Wildman–Crippen MR) is 93.6 cm³/mol. The van der Waals surface area contributed by atoms with Gasteiger partial charge in [-0.3, -0.25) is 4.79 Å². The summed E-state index contributed by atoms with van der Waals surface area (Å²) in [5, 5.41) is 10.9. The fraction of sp³-hybridized carbons (Fsp3) is 0.476. The van der Waals surface area contributed by atoms with E-state index in [1.165, 1.54) is 18.8 Å². The quantitative estimate of drug-likeness (QED) is 0.840. The van der Waals surface area contributed by atoms with Crippen molar-refractivity contribution >= 4 is 5.78 Å². The van der Waals surface area contributed by atoms with E-state index in [9.17, 15) is 9.90 Å². The van der Waals surface area contributed by atoms with Crippen LogP contribution in [0.25, 0.3) is 0 Å². The maximum absolute atomic E-state index is 12.8. The topological polar surface area (TPSA) is 55.8 Å². The van der Waals surface area contributed by atoms with Gasteiger partial charge in [0.25, 0.3) is 0 Å². The summed E-state index contributed by atoms with van der Waals surface area (Å²) >= 11 is 0. The molecule has 1 fully saturated rings. The normalized spacial score (nSPS) is 37.5. The van der Waals surface area contributed by atoms with Gasteiger partial charge in [0.1, 0.15) is 11.9 Å². The number of allylic oxidation sites excluding steroid dienone is 2. The molecule has 0 bridgehead atoms. The molecule has 4 heteroatoms. The Morgan fingerprint density at radius 3 is 2.76 bits per heavy atom. The molecule has 1 aromatic carbocycles. The summed E-state index contributed by atoms with van der Waals surface area (Å²) in [5.74, 6) is 0.389. The number of hydrogen-bond donors (Lipinski definition) is 1. The Morgan fingerprint density at radius 2 is 2.04 bits per heavy atom. The van der Waals surface area contributed by atoms with Gasteiger partial charge in [-0.2, -0.15) is 0 Å². The number of ether oxygens (including phenoxy) is 2. The zero-order valence-electron chi connectivity index (χ0n) is 14.6. The molecule has 4 nitrogen and oxygen atoms in total. The second kappa shape index (κ2) is 6.11. The van der Waals surface area contributed by atoms with Gasteiger partial charge in [0.15, 0.2) is 5.78 Å². The molecule has 4 rings (SSSR count). The Labute approximate surface area is 148 Å². The van der Waals surface area contributed by atoms with Crippen molar-refractivity contribution < 1.29 is 19.4 Å². The molecule has 3 aliphatic rings. The van der Waals surface area contributed by atoms with Crippen molar-refractivity contribution in [2.45, 2.75) is 32.0 Å². The number of ketones is 1. The van der Waals surface area contributed by atoms with Crippen molar-refractivity contribution in [2.75, 3.05) is 13.7 Å². The van der Waals surface area contributed by atoms with Crippen molar-refractivity contribution in [1.82, 2.24) is 0 Å². The lowest BCUT2D eigenvalue weighted by Gasteiger charge is -2.51. The summed E-state index contributed by atoms with van der Waals surface area (Å²) in [5.41, 5.74) is 1.78. The number of methoxy groups -OCH3 is 1. The van der Waals surface area contributed by atoms with Gasteiger partial charge in [-0.1, -0.05) is 43.3 Å². The zero-order chi connectivity index (χ0) is 17.6. The first-order valence-electron chi connectivity index (χ1n) is 8.88. The Balaban J connectivity index is 1.70. The molecule has 132 valence electrons. The van der Waals surface area contributed by atoms with Crippen molar-refractivity contribution in [3.05, 3.63) is 59.4 Å². The minimum atomic E-state index is -0.754. The van der Waals surface area contributed by atoms with Crippen LogP contribution in [0.4, 0.5) is 0 Å². The molecule has 0 unspecified atom stereocenters. The molecule has 0 saturated carbocycles. The summed E-state index contributed by atoms with van der Waals surface area (Å²) in [6, 6.07) is 10.2. The number of hydrogen-bond acceptors (Lipinski definition) is 4. The average Bonchev–Trinajstić information content (AvgIpc) is 2.64. The first kappa shape index (κ1) is 16.6. The van der Waals surface area contributed by atoms with E-state index in [1.807, 2.05) is 25.1 Å². The fourth-order valence-electron chi connectivity index (χ4n) is 4.73. The Hall–Kier alpha value is -1.91. The van der Waals surface area contributed by atoms with Gasteiger partial charge in [0, 0.05) is 17.4 Å². The van der Waals surface area contributed by atoms with Crippen molar-refractivity contribution in [3.63, 3.8) is 0 Å². The lowest BCUT2D eigenvalue weighted by Crippen LogP contribution is -2.53. The third kappa shape index (κ3) is 2.55. The molecule has 25 heavy (non-hydrogen) atoms. The van der Waals surface area contributed by atoms with Gasteiger partial charge in [-0.05, 0) is 29.9 Å². The molecule has 1 N–H and O–H groups in total. The van der Waals surface area contributed by atoms with E-state index in [0.717, 1.165) is 12.0 Å². The first-order chi connectivity index (χ1) is 12.0. The largest absolute Gasteiger partial charge is 0.498 e. The summed E-state index contributed by atoms with van der Waals surface area (Å²) in [7, 11) is 1.52. The maximum atomic E-state index is 12.8. The van der Waals surface area contributed by atoms with Crippen LogP contribution in [0.15, 0.2) is 53.8 Å². The third-order valence-corrected chi connectivity index (χ3v) is 6.23. The van der Waals surface area contributed by atoms with Gasteiger partial charge >= 0.3 is 0 Å². The second-order valence-electron chi connectivity index (χ2n) is 7.54. The number of aliphatic hydroxyl groups is 1. The van der Waals surface area contributed by atoms with Crippen molar-refractivity contribution in [1.29, 1.82) is 0 Å². The lowest BCUT2D eigenvalue weighted by molar-refractivity contribution is -0.137. The second-order valence-corrected chi connectivity index (χ2v) is 7.54. The predicted octanol–water partition coefficient (Wildman–Crippen LogP) is 3.19. The molecule has 1 heterocycles. The maximum Gasteiger partial charge on any atom is 0.165 e. The summed E-state index contributed by atoms with van der Waals surface area (Å²) in [4.78, 5) is 12.8. The molecular weight excluding hydrogens is 316 g/mol. The smallest absolute Gasteiger partial charge is 0.165 e. The van der Waals surface area contributed by atoms with E-state index in [-0.39, 0.29) is 23.7 Å². The molecule has 0 aromatic heterocycles. The molecule has 1 saturated heterocycles. The van der Waals surface area contributed by atoms with Crippen molar-refractivity contribution in [3.8, 4) is 0 Å². The van der Waals surface area contributed by atoms with Crippen LogP contribution in [0.3, 0.4) is 0 Å². The van der Waals surface area contributed by atoms with E-state index in [1.54, 1.807) is 0 Å². The first-order valence-corrected chi connectivity index (χ1v) is 8.88. The summed E-state index contributed by atoms with van der Waals surface area (Å²) in [6.45, 7) is 2.54. The van der Waals surface area contributed by atoms with Gasteiger partial charge in [-0.15, -0.1) is 0 Å². The standard InChI is InChI=1S/C21H24O4/c1-21-9-8-14-12-25-16(13-6-4-3-5-7-13)10-15(14)19(21)20(23)17(24-2)11-18(21)22/h3-8,11,15-16,19-20,23H,9-10,12H2,1-2H3/t15-,16-,19-,20-,21-/m0/s1. The van der Waals surface area contributed by atoms with Gasteiger partial charge in [-0.25, -0.2) is 0 Å². The summed E-state index contributed by atoms with van der Waals surface area (Å²) < 4.78 is 11.4. The zero-order valence-corrected chi connectivity index (χ0v) is 14.6. The Bertz CT molecular complexity index is 736. The number of fused-ring (bicyclic) bond motifs is 3. The molecule has 5 atom stereocenters. The van der Waals surface area contributed by atoms with Crippen molar-refractivity contribution in [2.24, 2.45) is 17.3 Å². The van der Waals surface area contributed by atoms with Crippen LogP contribution in [0.5, 0.6) is 0 Å². The van der Waals surface area contributed by atoms with Crippen LogP contribution >= 0.6 is 0 Å². The highest BCUT2D eigenvalue weighted by Gasteiger charge is 2.55. The van der Waals surface area contributed by atoms with Crippen LogP contribution in [0.1, 0.15) is 31.4 Å². The monoisotopic (exact) mass is 340 g/mol. The molecule has 0 amide bonds. The highest BCUT2D eigenvalue weighted by Crippen LogP contribution is 2.54. The molecular formula is C21H24O4. The van der Waals surface area contributed by atoms with E-state index in [0.29, 0.717) is 18.8 Å². The number of aliphatic hydroxyl groups excluding tert-OH is 1. The van der Waals surface area contributed by atoms with Gasteiger partial charge in [0.05, 0.1) is 19.8 Å². The summed E-state index contributed by atoms with van der Waals surface area (Å²) in [6.07, 6.45) is 4.29. The number of carbonyl (C=O) groups is 1. The molecule has 0 radical (unpaired) electrons. The Kier molecular flexibility index (Phi) is 4.05. The lowest BCUT2D eigenvalue weighted by atomic mass is 9.55. The minimum absolute atomic E-state index is 0.00935. The van der Waals surface area contributed by atoms with E-state index < -0.39 is 11.5 Å². The highest BCUT2D eigenvalue weighted by atomic mass is 16.5. The van der Waals surface area contributed by atoms with Crippen LogP contribution in [-0.4, -0.2) is 30.7 Å². The van der Waals surface area contributed by atoms with Crippen LogP contribution in [0, 0.1) is 17.3 Å². The van der Waals surface area contributed by atoms with E-state index >= 15 is 0 Å². The third-order valence-electron chi connectivity index (χ3n) is 6.23. The minimum Gasteiger partial charge on any atom is -0.498 e. The fourth-order valence-corrected chi connectivity index (χ4v) is 4.73. The van der Waals surface area contributed by atoms with E-state index in [4.69, 9.17) is 9.47 Å². The Morgan fingerprint density at radius 1 is 1.28 bits per heavy atom. The number of carbonyl (C=O) groups excluding carboxylic acids is 1. The molecule has 0 spiro atoms. The van der Waals surface area contributed by atoms with Crippen LogP contribution in [-0.2, 0) is 14.3 Å². The van der Waals surface area contributed by atoms with Crippen LogP contribution in [0.2, 0.25) is 0 Å². The number of benzene rings is 1. The molecule has 2 aliphatic carbocycles. The van der Waals surface area contributed by atoms with Gasteiger partial charge in [0.2, 0.25) is 0 Å². The average molecular weight is 340 g/mol. The van der Waals surface area contributed by atoms with Crippen LogP contribution < -0.4 is 0 Å². The molecule has 1 aliphatic heterocycles. The van der Waals surface area contributed by atoms with E-state index in [2.05, 4.69) is 18.2 Å². The molecule has 1 aromatic rings. The highest BCUT2D eigenvalue weighted by molar-refractivity contribution is 5.97. The SMILES string of the molecule is COC1=CC(=O)[C@]2(C)CC=C3CO[C@H](c4ccccc4)C[C@@H]3[C@H]2[C@H]1O. The van der Waals surface area contributed by atoms with Gasteiger partial charge < -0.3 is 14.6 Å².